The first-order chi connectivity index (χ1) is 12.3. The number of rotatable bonds is 4. The van der Waals surface area contributed by atoms with Crippen LogP contribution in [0.2, 0.25) is 0 Å². The number of amides is 1. The molecule has 122 valence electrons. The summed E-state index contributed by atoms with van der Waals surface area (Å²) in [5, 5.41) is 9.41. The fourth-order valence-electron chi connectivity index (χ4n) is 2.81. The van der Waals surface area contributed by atoms with Crippen LogP contribution in [0.3, 0.4) is 0 Å². The van der Waals surface area contributed by atoms with E-state index in [1.54, 1.807) is 6.20 Å². The van der Waals surface area contributed by atoms with Crippen molar-refractivity contribution >= 4 is 22.4 Å². The van der Waals surface area contributed by atoms with Gasteiger partial charge in [-0.3, -0.25) is 9.48 Å². The molecular formula is C21H17N3O. The molecule has 0 saturated carbocycles. The zero-order valence-electron chi connectivity index (χ0n) is 13.6. The molecule has 0 aliphatic carbocycles. The van der Waals surface area contributed by atoms with Crippen LogP contribution in [0.15, 0.2) is 85.2 Å². The Hall–Kier alpha value is -3.40. The van der Waals surface area contributed by atoms with E-state index in [4.69, 9.17) is 0 Å². The lowest BCUT2D eigenvalue weighted by molar-refractivity contribution is 0.102. The van der Waals surface area contributed by atoms with Crippen molar-refractivity contribution in [2.75, 3.05) is 5.32 Å². The van der Waals surface area contributed by atoms with Gasteiger partial charge in [0.25, 0.3) is 5.91 Å². The Morgan fingerprint density at radius 2 is 1.72 bits per heavy atom. The van der Waals surface area contributed by atoms with Crippen LogP contribution in [0.5, 0.6) is 0 Å². The number of carbonyl (C=O) groups is 1. The standard InChI is InChI=1S/C21H17N3O/c25-21(23-20-11-10-17-4-1-2-5-19(17)14-20)18-8-6-16(7-9-18)15-24-13-3-12-22-24/h1-14H,15H2,(H,23,25). The molecule has 4 rings (SSSR count). The largest absolute Gasteiger partial charge is 0.322 e. The van der Waals surface area contributed by atoms with Gasteiger partial charge in [0.2, 0.25) is 0 Å². The van der Waals surface area contributed by atoms with E-state index < -0.39 is 0 Å². The molecule has 0 radical (unpaired) electrons. The summed E-state index contributed by atoms with van der Waals surface area (Å²) in [7, 11) is 0. The minimum absolute atomic E-state index is 0.110. The van der Waals surface area contributed by atoms with E-state index in [1.807, 2.05) is 77.6 Å². The van der Waals surface area contributed by atoms with Crippen LogP contribution < -0.4 is 5.32 Å². The zero-order valence-corrected chi connectivity index (χ0v) is 13.6. The Kier molecular flexibility index (Phi) is 4.01. The van der Waals surface area contributed by atoms with Crippen molar-refractivity contribution in [2.24, 2.45) is 0 Å². The number of hydrogen-bond donors (Lipinski definition) is 1. The van der Waals surface area contributed by atoms with Crippen LogP contribution in [-0.4, -0.2) is 15.7 Å². The highest BCUT2D eigenvalue weighted by Crippen LogP contribution is 2.19. The van der Waals surface area contributed by atoms with Gasteiger partial charge in [-0.1, -0.05) is 42.5 Å². The Morgan fingerprint density at radius 3 is 2.48 bits per heavy atom. The van der Waals surface area contributed by atoms with Gasteiger partial charge >= 0.3 is 0 Å². The van der Waals surface area contributed by atoms with Gasteiger partial charge in [-0.2, -0.15) is 5.10 Å². The Morgan fingerprint density at radius 1 is 0.920 bits per heavy atom. The molecule has 4 nitrogen and oxygen atoms in total. The van der Waals surface area contributed by atoms with Gasteiger partial charge in [0, 0.05) is 23.6 Å². The number of hydrogen-bond acceptors (Lipinski definition) is 2. The summed E-state index contributed by atoms with van der Waals surface area (Å²) in [6, 6.07) is 23.5. The van der Waals surface area contributed by atoms with Gasteiger partial charge in [0.1, 0.15) is 0 Å². The summed E-state index contributed by atoms with van der Waals surface area (Å²) >= 11 is 0. The highest BCUT2D eigenvalue weighted by atomic mass is 16.1. The summed E-state index contributed by atoms with van der Waals surface area (Å²) in [5.41, 5.74) is 2.53. The number of nitrogens with one attached hydrogen (secondary N) is 1. The number of nitrogens with zero attached hydrogens (tertiary/aromatic N) is 2. The number of benzene rings is 3. The lowest BCUT2D eigenvalue weighted by atomic mass is 10.1. The van der Waals surface area contributed by atoms with Crippen molar-refractivity contribution < 1.29 is 4.79 Å². The zero-order chi connectivity index (χ0) is 17.1. The van der Waals surface area contributed by atoms with E-state index >= 15 is 0 Å². The number of fused-ring (bicyclic) bond motifs is 1. The van der Waals surface area contributed by atoms with Crippen molar-refractivity contribution in [3.8, 4) is 0 Å². The normalized spacial score (nSPS) is 10.7. The maximum Gasteiger partial charge on any atom is 0.255 e. The first kappa shape index (κ1) is 15.1. The molecule has 0 spiro atoms. The molecule has 1 N–H and O–H groups in total. The quantitative estimate of drug-likeness (QED) is 0.606. The Bertz CT molecular complexity index is 1000. The molecule has 1 aromatic heterocycles. The van der Waals surface area contributed by atoms with Gasteiger partial charge in [-0.05, 0) is 46.7 Å². The molecule has 0 bridgehead atoms. The molecule has 0 unspecified atom stereocenters. The van der Waals surface area contributed by atoms with Crippen molar-refractivity contribution in [3.63, 3.8) is 0 Å². The third-order valence-corrected chi connectivity index (χ3v) is 4.13. The van der Waals surface area contributed by atoms with E-state index in [0.29, 0.717) is 12.1 Å². The number of anilines is 1. The highest BCUT2D eigenvalue weighted by Gasteiger charge is 2.07. The fourth-order valence-corrected chi connectivity index (χ4v) is 2.81. The van der Waals surface area contributed by atoms with E-state index in [9.17, 15) is 4.79 Å². The van der Waals surface area contributed by atoms with Gasteiger partial charge in [0.15, 0.2) is 0 Å². The summed E-state index contributed by atoms with van der Waals surface area (Å²) in [4.78, 5) is 12.4. The molecule has 0 atom stereocenters. The Balaban J connectivity index is 1.48. The SMILES string of the molecule is O=C(Nc1ccc2ccccc2c1)c1ccc(Cn2cccn2)cc1. The predicted octanol–water partition coefficient (Wildman–Crippen LogP) is 4.34. The van der Waals surface area contributed by atoms with Gasteiger partial charge in [-0.15, -0.1) is 0 Å². The number of carbonyl (C=O) groups excluding carboxylic acids is 1. The Labute approximate surface area is 145 Å². The van der Waals surface area contributed by atoms with Crippen molar-refractivity contribution in [3.05, 3.63) is 96.3 Å². The second-order valence-corrected chi connectivity index (χ2v) is 5.92. The van der Waals surface area contributed by atoms with E-state index in [-0.39, 0.29) is 5.91 Å². The highest BCUT2D eigenvalue weighted by molar-refractivity contribution is 6.05. The molecule has 0 saturated heterocycles. The molecular weight excluding hydrogens is 310 g/mol. The minimum Gasteiger partial charge on any atom is -0.322 e. The molecule has 25 heavy (non-hydrogen) atoms. The van der Waals surface area contributed by atoms with Gasteiger partial charge in [-0.25, -0.2) is 0 Å². The second-order valence-electron chi connectivity index (χ2n) is 5.92. The average molecular weight is 327 g/mol. The first-order valence-electron chi connectivity index (χ1n) is 8.14. The van der Waals surface area contributed by atoms with E-state index in [1.165, 1.54) is 0 Å². The lowest BCUT2D eigenvalue weighted by Gasteiger charge is -2.08. The summed E-state index contributed by atoms with van der Waals surface area (Å²) in [6.45, 7) is 0.694. The molecule has 4 aromatic rings. The van der Waals surface area contributed by atoms with Crippen LogP contribution in [-0.2, 0) is 6.54 Å². The molecule has 1 heterocycles. The van der Waals surface area contributed by atoms with Gasteiger partial charge < -0.3 is 5.32 Å². The first-order valence-corrected chi connectivity index (χ1v) is 8.14. The third-order valence-electron chi connectivity index (χ3n) is 4.13. The number of aromatic nitrogens is 2. The van der Waals surface area contributed by atoms with Crippen LogP contribution in [0.4, 0.5) is 5.69 Å². The topological polar surface area (TPSA) is 46.9 Å². The van der Waals surface area contributed by atoms with Gasteiger partial charge in [0.05, 0.1) is 6.54 Å². The van der Waals surface area contributed by atoms with Crippen LogP contribution >= 0.6 is 0 Å². The lowest BCUT2D eigenvalue weighted by Crippen LogP contribution is -2.12. The molecule has 3 aromatic carbocycles. The summed E-state index contributed by atoms with van der Waals surface area (Å²) in [6.07, 6.45) is 3.67. The third kappa shape index (κ3) is 3.43. The summed E-state index contributed by atoms with van der Waals surface area (Å²) < 4.78 is 1.85. The van der Waals surface area contributed by atoms with Crippen molar-refractivity contribution in [1.29, 1.82) is 0 Å². The smallest absolute Gasteiger partial charge is 0.255 e. The van der Waals surface area contributed by atoms with Crippen LogP contribution in [0.25, 0.3) is 10.8 Å². The molecule has 1 amide bonds. The molecule has 0 aliphatic rings. The maximum absolute atomic E-state index is 12.4. The van der Waals surface area contributed by atoms with Crippen LogP contribution in [0.1, 0.15) is 15.9 Å². The van der Waals surface area contributed by atoms with Crippen molar-refractivity contribution in [2.45, 2.75) is 6.54 Å². The van der Waals surface area contributed by atoms with Crippen LogP contribution in [0, 0.1) is 0 Å². The monoisotopic (exact) mass is 327 g/mol. The fraction of sp³-hybridized carbons (Fsp3) is 0.0476. The molecule has 0 fully saturated rings. The van der Waals surface area contributed by atoms with E-state index in [2.05, 4.69) is 16.5 Å². The second kappa shape index (κ2) is 6.61. The summed E-state index contributed by atoms with van der Waals surface area (Å²) in [5.74, 6) is -0.110. The molecule has 4 heteroatoms. The molecule has 0 aliphatic heterocycles. The van der Waals surface area contributed by atoms with E-state index in [0.717, 1.165) is 22.0 Å². The predicted molar refractivity (Wildman–Crippen MR) is 99.7 cm³/mol. The maximum atomic E-state index is 12.4. The van der Waals surface area contributed by atoms with Crippen molar-refractivity contribution in [1.82, 2.24) is 9.78 Å². The average Bonchev–Trinajstić information content (AvgIpc) is 3.15. The minimum atomic E-state index is -0.110.